The van der Waals surface area contributed by atoms with Crippen LogP contribution >= 0.6 is 12.2 Å². The lowest BCUT2D eigenvalue weighted by Crippen LogP contribution is -2.34. The summed E-state index contributed by atoms with van der Waals surface area (Å²) >= 11 is 5.27. The summed E-state index contributed by atoms with van der Waals surface area (Å²) < 4.78 is 5.32. The summed E-state index contributed by atoms with van der Waals surface area (Å²) in [4.78, 5) is 12.8. The van der Waals surface area contributed by atoms with Crippen LogP contribution in [0, 0.1) is 5.41 Å². The molecule has 1 saturated carbocycles. The molecule has 1 heterocycles. The predicted molar refractivity (Wildman–Crippen MR) is 72.0 cm³/mol. The van der Waals surface area contributed by atoms with Crippen molar-refractivity contribution in [2.75, 3.05) is 0 Å². The predicted octanol–water partition coefficient (Wildman–Crippen LogP) is 2.20. The number of thiocarbonyl (C=S) groups is 1. The van der Waals surface area contributed by atoms with Crippen LogP contribution in [0.25, 0.3) is 0 Å². The molecule has 18 heavy (non-hydrogen) atoms. The highest BCUT2D eigenvalue weighted by atomic mass is 32.1. The van der Waals surface area contributed by atoms with Crippen molar-refractivity contribution < 1.29 is 9.53 Å². The number of rotatable bonds is 3. The number of esters is 1. The van der Waals surface area contributed by atoms with Gasteiger partial charge in [-0.1, -0.05) is 42.5 Å². The maximum absolute atomic E-state index is 11.9. The SMILES string of the molecule is O=C(OCc1ccccc1)[C@@H]1CC2(CC2)C(=S)N1. The molecule has 4 heteroatoms. The second kappa shape index (κ2) is 4.35. The van der Waals surface area contributed by atoms with Gasteiger partial charge in [-0.05, 0) is 24.8 Å². The number of nitrogens with one attached hydrogen (secondary N) is 1. The van der Waals surface area contributed by atoms with Gasteiger partial charge in [0.05, 0.1) is 4.99 Å². The third kappa shape index (κ3) is 2.12. The van der Waals surface area contributed by atoms with Crippen molar-refractivity contribution in [2.45, 2.75) is 31.9 Å². The summed E-state index contributed by atoms with van der Waals surface area (Å²) in [6.07, 6.45) is 3.03. The van der Waals surface area contributed by atoms with Crippen molar-refractivity contribution in [3.63, 3.8) is 0 Å². The van der Waals surface area contributed by atoms with Gasteiger partial charge in [0, 0.05) is 5.41 Å². The van der Waals surface area contributed by atoms with E-state index < -0.39 is 0 Å². The Morgan fingerprint density at radius 3 is 2.72 bits per heavy atom. The van der Waals surface area contributed by atoms with E-state index in [1.807, 2.05) is 30.3 Å². The molecular weight excluding hydrogens is 246 g/mol. The van der Waals surface area contributed by atoms with Gasteiger partial charge in [-0.15, -0.1) is 0 Å². The Balaban J connectivity index is 1.55. The lowest BCUT2D eigenvalue weighted by Gasteiger charge is -2.10. The van der Waals surface area contributed by atoms with E-state index in [1.165, 1.54) is 0 Å². The Kier molecular flexibility index (Phi) is 2.82. The molecule has 1 atom stereocenters. The molecule has 1 aliphatic heterocycles. The first-order chi connectivity index (χ1) is 8.70. The minimum atomic E-state index is -0.247. The average molecular weight is 261 g/mol. The van der Waals surface area contributed by atoms with Crippen LogP contribution < -0.4 is 5.32 Å². The van der Waals surface area contributed by atoms with Crippen LogP contribution in [0.2, 0.25) is 0 Å². The molecule has 0 bridgehead atoms. The normalized spacial score (nSPS) is 23.8. The van der Waals surface area contributed by atoms with Crippen LogP contribution in [-0.4, -0.2) is 17.0 Å². The first-order valence-corrected chi connectivity index (χ1v) is 6.62. The van der Waals surface area contributed by atoms with Crippen LogP contribution in [0.4, 0.5) is 0 Å². The molecule has 1 saturated heterocycles. The second-order valence-electron chi connectivity index (χ2n) is 5.10. The fourth-order valence-electron chi connectivity index (χ4n) is 2.40. The van der Waals surface area contributed by atoms with Crippen molar-refractivity contribution in [1.29, 1.82) is 0 Å². The monoisotopic (exact) mass is 261 g/mol. The number of hydrogen-bond donors (Lipinski definition) is 1. The Morgan fingerprint density at radius 2 is 2.11 bits per heavy atom. The average Bonchev–Trinajstić information content (AvgIpc) is 3.09. The number of ether oxygens (including phenoxy) is 1. The van der Waals surface area contributed by atoms with Gasteiger partial charge in [0.2, 0.25) is 0 Å². The highest BCUT2D eigenvalue weighted by Gasteiger charge is 2.54. The Hall–Kier alpha value is -1.42. The first-order valence-electron chi connectivity index (χ1n) is 6.21. The Labute approximate surface area is 112 Å². The molecular formula is C14H15NO2S. The fourth-order valence-corrected chi connectivity index (χ4v) is 2.83. The van der Waals surface area contributed by atoms with E-state index in [9.17, 15) is 4.79 Å². The van der Waals surface area contributed by atoms with Gasteiger partial charge in [-0.25, -0.2) is 4.79 Å². The number of hydrogen-bond acceptors (Lipinski definition) is 3. The Morgan fingerprint density at radius 1 is 1.39 bits per heavy atom. The molecule has 94 valence electrons. The highest BCUT2D eigenvalue weighted by Crippen LogP contribution is 2.53. The van der Waals surface area contributed by atoms with Crippen molar-refractivity contribution in [3.05, 3.63) is 35.9 Å². The molecule has 1 N–H and O–H groups in total. The largest absolute Gasteiger partial charge is 0.459 e. The van der Waals surface area contributed by atoms with E-state index in [0.29, 0.717) is 6.61 Å². The van der Waals surface area contributed by atoms with E-state index in [1.54, 1.807) is 0 Å². The van der Waals surface area contributed by atoms with Gasteiger partial charge in [-0.3, -0.25) is 0 Å². The van der Waals surface area contributed by atoms with Crippen LogP contribution in [0.1, 0.15) is 24.8 Å². The van der Waals surface area contributed by atoms with Crippen LogP contribution in [0.5, 0.6) is 0 Å². The van der Waals surface area contributed by atoms with Gasteiger partial charge in [0.25, 0.3) is 0 Å². The summed E-state index contributed by atoms with van der Waals surface area (Å²) in [5, 5.41) is 3.10. The van der Waals surface area contributed by atoms with Crippen molar-refractivity contribution >= 4 is 23.2 Å². The highest BCUT2D eigenvalue weighted by molar-refractivity contribution is 7.80. The molecule has 3 nitrogen and oxygen atoms in total. The minimum Gasteiger partial charge on any atom is -0.459 e. The molecule has 0 amide bonds. The van der Waals surface area contributed by atoms with Crippen LogP contribution in [0.15, 0.2) is 30.3 Å². The molecule has 3 rings (SSSR count). The van der Waals surface area contributed by atoms with E-state index in [4.69, 9.17) is 17.0 Å². The molecule has 0 aromatic heterocycles. The molecule has 1 aromatic rings. The standard InChI is InChI=1S/C14H15NO2S/c16-12(17-9-10-4-2-1-3-5-10)11-8-14(6-7-14)13(18)15-11/h1-5,11H,6-9H2,(H,15,18)/t11-/m0/s1. The number of carbonyl (C=O) groups is 1. The summed E-state index contributed by atoms with van der Waals surface area (Å²) in [5.74, 6) is -0.190. The van der Waals surface area contributed by atoms with Gasteiger partial charge in [0.15, 0.2) is 0 Å². The quantitative estimate of drug-likeness (QED) is 0.668. The zero-order chi connectivity index (χ0) is 12.6. The lowest BCUT2D eigenvalue weighted by molar-refractivity contribution is -0.147. The number of carbonyl (C=O) groups excluding carboxylic acids is 1. The summed E-state index contributed by atoms with van der Waals surface area (Å²) in [6, 6.07) is 9.46. The maximum Gasteiger partial charge on any atom is 0.328 e. The second-order valence-corrected chi connectivity index (χ2v) is 5.51. The molecule has 2 aliphatic rings. The summed E-state index contributed by atoms with van der Waals surface area (Å²) in [5.41, 5.74) is 1.14. The lowest BCUT2D eigenvalue weighted by atomic mass is 10.0. The number of benzene rings is 1. The Bertz CT molecular complexity index is 482. The minimum absolute atomic E-state index is 0.131. The summed E-state index contributed by atoms with van der Waals surface area (Å²) in [7, 11) is 0. The van der Waals surface area contributed by atoms with Crippen LogP contribution in [0.3, 0.4) is 0 Å². The van der Waals surface area contributed by atoms with Crippen molar-refractivity contribution in [3.8, 4) is 0 Å². The molecule has 0 radical (unpaired) electrons. The van der Waals surface area contributed by atoms with E-state index in [2.05, 4.69) is 5.32 Å². The van der Waals surface area contributed by atoms with E-state index in [0.717, 1.165) is 29.8 Å². The smallest absolute Gasteiger partial charge is 0.328 e. The molecule has 2 fully saturated rings. The third-order valence-corrected chi connectivity index (χ3v) is 4.29. The molecule has 1 aromatic carbocycles. The topological polar surface area (TPSA) is 38.3 Å². The van der Waals surface area contributed by atoms with Crippen molar-refractivity contribution in [2.24, 2.45) is 5.41 Å². The first kappa shape index (κ1) is 11.7. The third-order valence-electron chi connectivity index (χ3n) is 3.74. The molecule has 0 unspecified atom stereocenters. The van der Waals surface area contributed by atoms with Gasteiger partial charge >= 0.3 is 5.97 Å². The van der Waals surface area contributed by atoms with E-state index in [-0.39, 0.29) is 17.4 Å². The van der Waals surface area contributed by atoms with Gasteiger partial charge < -0.3 is 10.1 Å². The molecule has 1 spiro atoms. The van der Waals surface area contributed by atoms with E-state index >= 15 is 0 Å². The summed E-state index contributed by atoms with van der Waals surface area (Å²) in [6.45, 7) is 0.331. The zero-order valence-corrected chi connectivity index (χ0v) is 10.8. The van der Waals surface area contributed by atoms with Gasteiger partial charge in [-0.2, -0.15) is 0 Å². The maximum atomic E-state index is 11.9. The molecule has 1 aliphatic carbocycles. The zero-order valence-electron chi connectivity index (χ0n) is 10.0. The fraction of sp³-hybridized carbons (Fsp3) is 0.429. The van der Waals surface area contributed by atoms with Crippen LogP contribution in [-0.2, 0) is 16.1 Å². The van der Waals surface area contributed by atoms with Crippen molar-refractivity contribution in [1.82, 2.24) is 5.32 Å². The van der Waals surface area contributed by atoms with Gasteiger partial charge in [0.1, 0.15) is 12.6 Å².